The summed E-state index contributed by atoms with van der Waals surface area (Å²) in [6, 6.07) is 0. The molecule has 0 bridgehead atoms. The van der Waals surface area contributed by atoms with Crippen molar-refractivity contribution in [3.05, 3.63) is 0 Å². The molecular formula is C7H16N2O. The molecule has 1 heterocycles. The molecule has 0 spiro atoms. The fourth-order valence-electron chi connectivity index (χ4n) is 1.40. The Morgan fingerprint density at radius 1 is 1.60 bits per heavy atom. The van der Waals surface area contributed by atoms with Gasteiger partial charge in [-0.2, -0.15) is 0 Å². The van der Waals surface area contributed by atoms with Crippen molar-refractivity contribution >= 4 is 0 Å². The van der Waals surface area contributed by atoms with Crippen LogP contribution >= 0.6 is 0 Å². The highest BCUT2D eigenvalue weighted by Crippen LogP contribution is 2.23. The topological polar surface area (TPSA) is 58.3 Å². The summed E-state index contributed by atoms with van der Waals surface area (Å²) in [6.45, 7) is 2.76. The average molecular weight is 144 g/mol. The second-order valence-corrected chi connectivity index (χ2v) is 3.14. The van der Waals surface area contributed by atoms with Crippen LogP contribution in [0.3, 0.4) is 0 Å². The minimum absolute atomic E-state index is 0.0156. The van der Waals surface area contributed by atoms with Gasteiger partial charge in [-0.15, -0.1) is 0 Å². The quantitative estimate of drug-likeness (QED) is 0.480. The van der Waals surface area contributed by atoms with Gasteiger partial charge in [-0.1, -0.05) is 0 Å². The molecule has 4 N–H and O–H groups in total. The van der Waals surface area contributed by atoms with Crippen LogP contribution in [0.5, 0.6) is 0 Å². The molecule has 1 saturated heterocycles. The molecule has 1 aliphatic rings. The summed E-state index contributed by atoms with van der Waals surface area (Å²) in [5, 5.41) is 12.3. The second kappa shape index (κ2) is 3.32. The lowest BCUT2D eigenvalue weighted by atomic mass is 9.82. The third-order valence-electron chi connectivity index (χ3n) is 2.33. The molecule has 10 heavy (non-hydrogen) atoms. The molecule has 0 aromatic heterocycles. The molecule has 0 amide bonds. The van der Waals surface area contributed by atoms with E-state index in [1.165, 1.54) is 0 Å². The van der Waals surface area contributed by atoms with Gasteiger partial charge >= 0.3 is 0 Å². The predicted octanol–water partition coefficient (Wildman–Crippen LogP) is -0.693. The van der Waals surface area contributed by atoms with Crippen molar-refractivity contribution < 1.29 is 5.11 Å². The zero-order chi connectivity index (χ0) is 7.45. The maximum absolute atomic E-state index is 9.02. The fraction of sp³-hybridized carbons (Fsp3) is 1.00. The number of hydrogen-bond acceptors (Lipinski definition) is 3. The lowest BCUT2D eigenvalue weighted by Gasteiger charge is -2.34. The summed E-state index contributed by atoms with van der Waals surface area (Å²) in [5.41, 5.74) is 5.53. The average Bonchev–Trinajstić information content (AvgIpc) is 2.06. The van der Waals surface area contributed by atoms with Crippen LogP contribution in [0, 0.1) is 5.41 Å². The normalized spacial score (nSPS) is 34.2. The third kappa shape index (κ3) is 1.48. The van der Waals surface area contributed by atoms with Crippen LogP contribution in [0.2, 0.25) is 0 Å². The molecule has 0 aliphatic carbocycles. The second-order valence-electron chi connectivity index (χ2n) is 3.14. The first kappa shape index (κ1) is 7.98. The van der Waals surface area contributed by atoms with Gasteiger partial charge in [0.05, 0.1) is 6.61 Å². The lowest BCUT2D eigenvalue weighted by molar-refractivity contribution is 0.103. The maximum Gasteiger partial charge on any atom is 0.0511 e. The van der Waals surface area contributed by atoms with Gasteiger partial charge in [0, 0.05) is 18.5 Å². The number of aliphatic hydroxyl groups is 1. The van der Waals surface area contributed by atoms with E-state index in [0.717, 1.165) is 25.9 Å². The molecule has 1 fully saturated rings. The van der Waals surface area contributed by atoms with Crippen LogP contribution in [0.25, 0.3) is 0 Å². The molecule has 1 unspecified atom stereocenters. The molecule has 1 atom stereocenters. The van der Waals surface area contributed by atoms with Crippen molar-refractivity contribution in [2.45, 2.75) is 12.8 Å². The molecular weight excluding hydrogens is 128 g/mol. The fourth-order valence-corrected chi connectivity index (χ4v) is 1.40. The Hall–Kier alpha value is -0.120. The SMILES string of the molecule is NCC1(CO)CCCNC1. The Balaban J connectivity index is 2.44. The van der Waals surface area contributed by atoms with Crippen LogP contribution in [0.15, 0.2) is 0 Å². The number of nitrogens with one attached hydrogen (secondary N) is 1. The number of aliphatic hydroxyl groups excluding tert-OH is 1. The van der Waals surface area contributed by atoms with Crippen molar-refractivity contribution in [2.75, 3.05) is 26.2 Å². The van der Waals surface area contributed by atoms with Gasteiger partial charge in [0.15, 0.2) is 0 Å². The molecule has 3 heteroatoms. The maximum atomic E-state index is 9.02. The largest absolute Gasteiger partial charge is 0.396 e. The minimum atomic E-state index is -0.0156. The molecule has 0 aromatic carbocycles. The number of nitrogens with two attached hydrogens (primary N) is 1. The summed E-state index contributed by atoms with van der Waals surface area (Å²) < 4.78 is 0. The van der Waals surface area contributed by atoms with Gasteiger partial charge in [0.2, 0.25) is 0 Å². The molecule has 1 aliphatic heterocycles. The van der Waals surface area contributed by atoms with E-state index in [-0.39, 0.29) is 12.0 Å². The summed E-state index contributed by atoms with van der Waals surface area (Å²) in [6.07, 6.45) is 2.20. The molecule has 0 saturated carbocycles. The van der Waals surface area contributed by atoms with Gasteiger partial charge in [0.25, 0.3) is 0 Å². The van der Waals surface area contributed by atoms with E-state index in [2.05, 4.69) is 5.32 Å². The van der Waals surface area contributed by atoms with Crippen LogP contribution < -0.4 is 11.1 Å². The van der Waals surface area contributed by atoms with E-state index in [1.807, 2.05) is 0 Å². The monoisotopic (exact) mass is 144 g/mol. The Kier molecular flexibility index (Phi) is 2.65. The standard InChI is InChI=1S/C7H16N2O/c8-4-7(6-10)2-1-3-9-5-7/h9-10H,1-6,8H2. The van der Waals surface area contributed by atoms with E-state index in [9.17, 15) is 0 Å². The first-order valence-corrected chi connectivity index (χ1v) is 3.85. The Morgan fingerprint density at radius 3 is 2.70 bits per heavy atom. The van der Waals surface area contributed by atoms with E-state index >= 15 is 0 Å². The minimum Gasteiger partial charge on any atom is -0.396 e. The Labute approximate surface area is 61.6 Å². The molecule has 60 valence electrons. The Bertz CT molecular complexity index is 93.8. The molecule has 3 nitrogen and oxygen atoms in total. The third-order valence-corrected chi connectivity index (χ3v) is 2.33. The summed E-state index contributed by atoms with van der Waals surface area (Å²) >= 11 is 0. The van der Waals surface area contributed by atoms with Gasteiger partial charge in [0.1, 0.15) is 0 Å². The highest BCUT2D eigenvalue weighted by molar-refractivity contribution is 4.85. The van der Waals surface area contributed by atoms with Crippen molar-refractivity contribution in [3.63, 3.8) is 0 Å². The molecule has 1 rings (SSSR count). The lowest BCUT2D eigenvalue weighted by Crippen LogP contribution is -2.47. The number of piperidine rings is 1. The first-order chi connectivity index (χ1) is 4.83. The van der Waals surface area contributed by atoms with Crippen molar-refractivity contribution in [1.82, 2.24) is 5.32 Å². The summed E-state index contributed by atoms with van der Waals surface area (Å²) in [7, 11) is 0. The van der Waals surface area contributed by atoms with Gasteiger partial charge in [-0.25, -0.2) is 0 Å². The van der Waals surface area contributed by atoms with Gasteiger partial charge in [-0.3, -0.25) is 0 Å². The highest BCUT2D eigenvalue weighted by atomic mass is 16.3. The van der Waals surface area contributed by atoms with Crippen molar-refractivity contribution in [2.24, 2.45) is 11.1 Å². The number of hydrogen-bond donors (Lipinski definition) is 3. The zero-order valence-electron chi connectivity index (χ0n) is 6.27. The number of rotatable bonds is 2. The van der Waals surface area contributed by atoms with Crippen LogP contribution in [-0.4, -0.2) is 31.3 Å². The van der Waals surface area contributed by atoms with Crippen molar-refractivity contribution in [1.29, 1.82) is 0 Å². The van der Waals surface area contributed by atoms with Crippen molar-refractivity contribution in [3.8, 4) is 0 Å². The molecule has 0 radical (unpaired) electrons. The van der Waals surface area contributed by atoms with E-state index < -0.39 is 0 Å². The summed E-state index contributed by atoms with van der Waals surface area (Å²) in [4.78, 5) is 0. The molecule has 0 aromatic rings. The van der Waals surface area contributed by atoms with E-state index in [0.29, 0.717) is 6.54 Å². The highest BCUT2D eigenvalue weighted by Gasteiger charge is 2.29. The smallest absolute Gasteiger partial charge is 0.0511 e. The van der Waals surface area contributed by atoms with Crippen LogP contribution in [-0.2, 0) is 0 Å². The van der Waals surface area contributed by atoms with Crippen LogP contribution in [0.1, 0.15) is 12.8 Å². The van der Waals surface area contributed by atoms with Crippen LogP contribution in [0.4, 0.5) is 0 Å². The van der Waals surface area contributed by atoms with E-state index in [4.69, 9.17) is 10.8 Å². The first-order valence-electron chi connectivity index (χ1n) is 3.85. The zero-order valence-corrected chi connectivity index (χ0v) is 6.27. The summed E-state index contributed by atoms with van der Waals surface area (Å²) in [5.74, 6) is 0. The van der Waals surface area contributed by atoms with E-state index in [1.54, 1.807) is 0 Å². The van der Waals surface area contributed by atoms with Gasteiger partial charge in [-0.05, 0) is 19.4 Å². The predicted molar refractivity (Wildman–Crippen MR) is 40.7 cm³/mol. The van der Waals surface area contributed by atoms with Gasteiger partial charge < -0.3 is 16.2 Å². The Morgan fingerprint density at radius 2 is 2.40 bits per heavy atom.